The van der Waals surface area contributed by atoms with Crippen molar-refractivity contribution < 1.29 is 13.2 Å². The van der Waals surface area contributed by atoms with E-state index in [2.05, 4.69) is 15.0 Å². The van der Waals surface area contributed by atoms with Crippen molar-refractivity contribution in [2.75, 3.05) is 4.72 Å². The third-order valence-electron chi connectivity index (χ3n) is 3.61. The fourth-order valence-corrected chi connectivity index (χ4v) is 3.40. The number of sulfonamides is 1. The topological polar surface area (TPSA) is 88.2 Å². The Hall–Kier alpha value is -3.19. The molecule has 3 rings (SSSR count). The minimum atomic E-state index is -3.70. The molecule has 0 unspecified atom stereocenters. The number of amides is 1. The molecule has 0 aliphatic carbocycles. The fraction of sp³-hybridized carbons (Fsp3) is 0.0526. The highest BCUT2D eigenvalue weighted by atomic mass is 32.2. The van der Waals surface area contributed by atoms with Crippen LogP contribution in [0.15, 0.2) is 84.0 Å². The summed E-state index contributed by atoms with van der Waals surface area (Å²) in [5, 5.41) is 2.78. The second-order valence-corrected chi connectivity index (χ2v) is 7.23. The van der Waals surface area contributed by atoms with Gasteiger partial charge in [-0.15, -0.1) is 0 Å². The van der Waals surface area contributed by atoms with Crippen LogP contribution in [0.5, 0.6) is 0 Å². The number of pyridine rings is 1. The molecule has 0 aliphatic rings. The Bertz CT molecular complexity index is 991. The SMILES string of the molecule is O=C(NCc1cccnc1)c1cccc(NS(=O)(=O)c2ccccc2)c1. The van der Waals surface area contributed by atoms with Crippen LogP contribution in [0.3, 0.4) is 0 Å². The number of hydrogen-bond acceptors (Lipinski definition) is 4. The summed E-state index contributed by atoms with van der Waals surface area (Å²) < 4.78 is 27.2. The van der Waals surface area contributed by atoms with Crippen LogP contribution in [0.2, 0.25) is 0 Å². The van der Waals surface area contributed by atoms with Crippen molar-refractivity contribution in [3.05, 3.63) is 90.3 Å². The molecule has 0 atom stereocenters. The van der Waals surface area contributed by atoms with Crippen molar-refractivity contribution in [2.45, 2.75) is 11.4 Å². The molecular formula is C19H17N3O3S. The van der Waals surface area contributed by atoms with Gasteiger partial charge < -0.3 is 5.32 Å². The summed E-state index contributed by atoms with van der Waals surface area (Å²) in [5.41, 5.74) is 1.56. The third kappa shape index (κ3) is 4.46. The predicted octanol–water partition coefficient (Wildman–Crippen LogP) is 2.81. The lowest BCUT2D eigenvalue weighted by molar-refractivity contribution is 0.0951. The zero-order valence-corrected chi connectivity index (χ0v) is 14.6. The van der Waals surface area contributed by atoms with Gasteiger partial charge in [0.1, 0.15) is 0 Å². The number of aromatic nitrogens is 1. The molecule has 132 valence electrons. The molecule has 7 heteroatoms. The molecule has 1 heterocycles. The maximum atomic E-state index is 12.4. The van der Waals surface area contributed by atoms with Gasteiger partial charge in [0.15, 0.2) is 0 Å². The van der Waals surface area contributed by atoms with Crippen molar-refractivity contribution in [1.82, 2.24) is 10.3 Å². The number of benzene rings is 2. The van der Waals surface area contributed by atoms with Gasteiger partial charge >= 0.3 is 0 Å². The largest absolute Gasteiger partial charge is 0.348 e. The van der Waals surface area contributed by atoms with Gasteiger partial charge in [-0.3, -0.25) is 14.5 Å². The minimum Gasteiger partial charge on any atom is -0.348 e. The lowest BCUT2D eigenvalue weighted by Gasteiger charge is -2.10. The fourth-order valence-electron chi connectivity index (χ4n) is 2.32. The molecule has 0 fully saturated rings. The first kappa shape index (κ1) is 17.6. The Morgan fingerprint density at radius 2 is 1.77 bits per heavy atom. The minimum absolute atomic E-state index is 0.159. The molecule has 0 spiro atoms. The van der Waals surface area contributed by atoms with Gasteiger partial charge in [-0.25, -0.2) is 8.42 Å². The number of rotatable bonds is 6. The van der Waals surface area contributed by atoms with Gasteiger partial charge in [0.05, 0.1) is 4.90 Å². The Morgan fingerprint density at radius 1 is 0.962 bits per heavy atom. The van der Waals surface area contributed by atoms with Crippen LogP contribution in [-0.4, -0.2) is 19.3 Å². The smallest absolute Gasteiger partial charge is 0.261 e. The number of carbonyl (C=O) groups excluding carboxylic acids is 1. The van der Waals surface area contributed by atoms with Crippen LogP contribution >= 0.6 is 0 Å². The average Bonchev–Trinajstić information content (AvgIpc) is 2.67. The Morgan fingerprint density at radius 3 is 2.50 bits per heavy atom. The summed E-state index contributed by atoms with van der Waals surface area (Å²) >= 11 is 0. The molecule has 3 aromatic rings. The highest BCUT2D eigenvalue weighted by Crippen LogP contribution is 2.17. The molecule has 0 aliphatic heterocycles. The maximum absolute atomic E-state index is 12.4. The lowest BCUT2D eigenvalue weighted by atomic mass is 10.2. The summed E-state index contributed by atoms with van der Waals surface area (Å²) in [6.45, 7) is 0.340. The van der Waals surface area contributed by atoms with E-state index < -0.39 is 10.0 Å². The molecule has 2 N–H and O–H groups in total. The van der Waals surface area contributed by atoms with E-state index in [0.29, 0.717) is 17.8 Å². The quantitative estimate of drug-likeness (QED) is 0.701. The zero-order valence-electron chi connectivity index (χ0n) is 13.8. The third-order valence-corrected chi connectivity index (χ3v) is 5.00. The number of nitrogens with zero attached hydrogens (tertiary/aromatic N) is 1. The first-order chi connectivity index (χ1) is 12.5. The molecule has 1 amide bonds. The molecular weight excluding hydrogens is 350 g/mol. The molecule has 0 bridgehead atoms. The van der Waals surface area contributed by atoms with E-state index in [1.54, 1.807) is 54.9 Å². The van der Waals surface area contributed by atoms with E-state index in [4.69, 9.17) is 0 Å². The summed E-state index contributed by atoms with van der Waals surface area (Å²) in [6, 6.07) is 18.1. The van der Waals surface area contributed by atoms with E-state index in [1.807, 2.05) is 6.07 Å². The second-order valence-electron chi connectivity index (χ2n) is 5.54. The normalized spacial score (nSPS) is 10.9. The standard InChI is InChI=1S/C19H17N3O3S/c23-19(21-14-15-6-5-11-20-13-15)16-7-4-8-17(12-16)22-26(24,25)18-9-2-1-3-10-18/h1-13,22H,14H2,(H,21,23). The first-order valence-corrected chi connectivity index (χ1v) is 9.38. The molecule has 2 aromatic carbocycles. The number of hydrogen-bond donors (Lipinski definition) is 2. The van der Waals surface area contributed by atoms with Gasteiger partial charge in [-0.2, -0.15) is 0 Å². The van der Waals surface area contributed by atoms with Gasteiger partial charge in [0, 0.05) is 30.2 Å². The monoisotopic (exact) mass is 367 g/mol. The van der Waals surface area contributed by atoms with E-state index in [0.717, 1.165) is 5.56 Å². The molecule has 6 nitrogen and oxygen atoms in total. The molecule has 1 aromatic heterocycles. The van der Waals surface area contributed by atoms with Gasteiger partial charge in [-0.05, 0) is 42.0 Å². The zero-order chi connectivity index (χ0) is 18.4. The van der Waals surface area contributed by atoms with Crippen LogP contribution in [-0.2, 0) is 16.6 Å². The van der Waals surface area contributed by atoms with Crippen molar-refractivity contribution in [2.24, 2.45) is 0 Å². The first-order valence-electron chi connectivity index (χ1n) is 7.90. The number of carbonyl (C=O) groups is 1. The van der Waals surface area contributed by atoms with Gasteiger partial charge in [-0.1, -0.05) is 30.3 Å². The molecule has 0 saturated heterocycles. The Balaban J connectivity index is 1.71. The van der Waals surface area contributed by atoms with Crippen LogP contribution in [0, 0.1) is 0 Å². The Kier molecular flexibility index (Phi) is 5.28. The predicted molar refractivity (Wildman–Crippen MR) is 99.1 cm³/mol. The van der Waals surface area contributed by atoms with E-state index in [9.17, 15) is 13.2 Å². The molecule has 0 saturated carbocycles. The summed E-state index contributed by atoms with van der Waals surface area (Å²) in [4.78, 5) is 16.4. The van der Waals surface area contributed by atoms with Crippen LogP contribution in [0.25, 0.3) is 0 Å². The number of nitrogens with one attached hydrogen (secondary N) is 2. The highest BCUT2D eigenvalue weighted by Gasteiger charge is 2.14. The van der Waals surface area contributed by atoms with E-state index >= 15 is 0 Å². The molecule has 26 heavy (non-hydrogen) atoms. The number of anilines is 1. The van der Waals surface area contributed by atoms with Crippen molar-refractivity contribution in [3.8, 4) is 0 Å². The van der Waals surface area contributed by atoms with E-state index in [-0.39, 0.29) is 10.8 Å². The summed E-state index contributed by atoms with van der Waals surface area (Å²) in [5.74, 6) is -0.297. The van der Waals surface area contributed by atoms with Crippen LogP contribution in [0.4, 0.5) is 5.69 Å². The van der Waals surface area contributed by atoms with Crippen LogP contribution in [0.1, 0.15) is 15.9 Å². The highest BCUT2D eigenvalue weighted by molar-refractivity contribution is 7.92. The van der Waals surface area contributed by atoms with Gasteiger partial charge in [0.2, 0.25) is 0 Å². The van der Waals surface area contributed by atoms with Crippen LogP contribution < -0.4 is 10.0 Å². The second kappa shape index (κ2) is 7.79. The lowest BCUT2D eigenvalue weighted by Crippen LogP contribution is -2.23. The van der Waals surface area contributed by atoms with Gasteiger partial charge in [0.25, 0.3) is 15.9 Å². The summed E-state index contributed by atoms with van der Waals surface area (Å²) in [7, 11) is -3.70. The average molecular weight is 367 g/mol. The summed E-state index contributed by atoms with van der Waals surface area (Å²) in [6.07, 6.45) is 3.33. The van der Waals surface area contributed by atoms with Crippen molar-refractivity contribution >= 4 is 21.6 Å². The Labute approximate surface area is 152 Å². The van der Waals surface area contributed by atoms with E-state index in [1.165, 1.54) is 18.2 Å². The van der Waals surface area contributed by atoms with Crippen molar-refractivity contribution in [1.29, 1.82) is 0 Å². The molecule has 0 radical (unpaired) electrons. The van der Waals surface area contributed by atoms with Crippen molar-refractivity contribution in [3.63, 3.8) is 0 Å². The maximum Gasteiger partial charge on any atom is 0.261 e.